The second-order valence-electron chi connectivity index (χ2n) is 3.53. The Balaban J connectivity index is 2.79. The molecule has 0 saturated heterocycles. The van der Waals surface area contributed by atoms with Crippen molar-refractivity contribution in [2.24, 2.45) is 0 Å². The molecule has 1 aromatic carbocycles. The van der Waals surface area contributed by atoms with Crippen molar-refractivity contribution in [3.63, 3.8) is 0 Å². The van der Waals surface area contributed by atoms with Crippen LogP contribution in [0.3, 0.4) is 0 Å². The summed E-state index contributed by atoms with van der Waals surface area (Å²) in [5.41, 5.74) is 3.64. The first kappa shape index (κ1) is 12.5. The monoisotopic (exact) mass is 272 g/mol. The van der Waals surface area contributed by atoms with Gasteiger partial charge in [0.1, 0.15) is 12.4 Å². The molecule has 0 aliphatic heterocycles. The largest absolute Gasteiger partial charge is 0.491 e. The van der Waals surface area contributed by atoms with Crippen molar-refractivity contribution in [2.45, 2.75) is 19.2 Å². The number of ether oxygens (including phenoxy) is 2. The number of hydrogen-bond acceptors (Lipinski definition) is 2. The number of benzene rings is 1. The van der Waals surface area contributed by atoms with Crippen LogP contribution in [0, 0.1) is 13.8 Å². The zero-order valence-electron chi connectivity index (χ0n) is 9.47. The van der Waals surface area contributed by atoms with Gasteiger partial charge in [0, 0.05) is 12.4 Å². The summed E-state index contributed by atoms with van der Waals surface area (Å²) in [5, 5.41) is 0.882. The van der Waals surface area contributed by atoms with Gasteiger partial charge >= 0.3 is 0 Å². The van der Waals surface area contributed by atoms with Gasteiger partial charge in [0.05, 0.1) is 6.61 Å². The highest BCUT2D eigenvalue weighted by molar-refractivity contribution is 9.08. The molecule has 0 aliphatic rings. The van der Waals surface area contributed by atoms with E-state index in [1.54, 1.807) is 7.11 Å². The van der Waals surface area contributed by atoms with Crippen molar-refractivity contribution in [1.29, 1.82) is 0 Å². The third-order valence-corrected chi connectivity index (χ3v) is 2.86. The Morgan fingerprint density at radius 3 is 2.20 bits per heavy atom. The Kier molecular flexibility index (Phi) is 5.12. The van der Waals surface area contributed by atoms with Crippen molar-refractivity contribution >= 4 is 15.9 Å². The predicted molar refractivity (Wildman–Crippen MR) is 65.9 cm³/mol. The molecule has 0 N–H and O–H groups in total. The molecule has 2 nitrogen and oxygen atoms in total. The highest BCUT2D eigenvalue weighted by Gasteiger charge is 2.05. The summed E-state index contributed by atoms with van der Waals surface area (Å²) in [6.45, 7) is 5.37. The molecular formula is C12H17BrO2. The van der Waals surface area contributed by atoms with E-state index in [0.29, 0.717) is 13.2 Å². The molecule has 0 amide bonds. The zero-order chi connectivity index (χ0) is 11.3. The summed E-state index contributed by atoms with van der Waals surface area (Å²) >= 11 is 3.45. The fourth-order valence-corrected chi connectivity index (χ4v) is 1.90. The first-order chi connectivity index (χ1) is 7.19. The number of rotatable bonds is 5. The summed E-state index contributed by atoms with van der Waals surface area (Å²) in [4.78, 5) is 0. The van der Waals surface area contributed by atoms with Gasteiger partial charge in [-0.25, -0.2) is 0 Å². The molecule has 0 spiro atoms. The molecule has 0 fully saturated rings. The van der Waals surface area contributed by atoms with E-state index in [0.717, 1.165) is 11.1 Å². The SMILES string of the molecule is COCCOc1c(C)cc(CBr)cc1C. The molecule has 0 radical (unpaired) electrons. The quantitative estimate of drug-likeness (QED) is 0.605. The van der Waals surface area contributed by atoms with Crippen molar-refractivity contribution in [2.75, 3.05) is 20.3 Å². The van der Waals surface area contributed by atoms with Crippen LogP contribution in [0.15, 0.2) is 12.1 Å². The molecule has 84 valence electrons. The minimum Gasteiger partial charge on any atom is -0.491 e. The van der Waals surface area contributed by atoms with Crippen LogP contribution >= 0.6 is 15.9 Å². The van der Waals surface area contributed by atoms with Gasteiger partial charge in [-0.05, 0) is 30.5 Å². The van der Waals surface area contributed by atoms with Gasteiger partial charge in [-0.3, -0.25) is 0 Å². The lowest BCUT2D eigenvalue weighted by Crippen LogP contribution is -2.06. The van der Waals surface area contributed by atoms with Crippen molar-refractivity contribution in [3.05, 3.63) is 28.8 Å². The van der Waals surface area contributed by atoms with E-state index in [2.05, 4.69) is 41.9 Å². The maximum atomic E-state index is 5.67. The van der Waals surface area contributed by atoms with Gasteiger partial charge < -0.3 is 9.47 Å². The zero-order valence-corrected chi connectivity index (χ0v) is 11.1. The Morgan fingerprint density at radius 1 is 1.13 bits per heavy atom. The topological polar surface area (TPSA) is 18.5 Å². The van der Waals surface area contributed by atoms with E-state index in [9.17, 15) is 0 Å². The van der Waals surface area contributed by atoms with Gasteiger partial charge in [0.2, 0.25) is 0 Å². The summed E-state index contributed by atoms with van der Waals surface area (Å²) < 4.78 is 10.6. The predicted octanol–water partition coefficient (Wildman–Crippen LogP) is 3.22. The second-order valence-corrected chi connectivity index (χ2v) is 4.09. The van der Waals surface area contributed by atoms with E-state index < -0.39 is 0 Å². The van der Waals surface area contributed by atoms with Crippen LogP contribution in [-0.4, -0.2) is 20.3 Å². The Morgan fingerprint density at radius 2 is 1.73 bits per heavy atom. The Bertz CT molecular complexity index is 300. The van der Waals surface area contributed by atoms with Crippen LogP contribution in [0.2, 0.25) is 0 Å². The van der Waals surface area contributed by atoms with E-state index in [-0.39, 0.29) is 0 Å². The second kappa shape index (κ2) is 6.13. The van der Waals surface area contributed by atoms with Crippen LogP contribution in [0.1, 0.15) is 16.7 Å². The minimum absolute atomic E-state index is 0.603. The van der Waals surface area contributed by atoms with Crippen LogP contribution < -0.4 is 4.74 Å². The molecule has 1 aromatic rings. The third-order valence-electron chi connectivity index (χ3n) is 2.21. The lowest BCUT2D eigenvalue weighted by molar-refractivity contribution is 0.145. The standard InChI is InChI=1S/C12H17BrO2/c1-9-6-11(8-13)7-10(2)12(9)15-5-4-14-3/h6-7H,4-5,8H2,1-3H3. The lowest BCUT2D eigenvalue weighted by atomic mass is 10.1. The van der Waals surface area contributed by atoms with Crippen LogP contribution in [-0.2, 0) is 10.1 Å². The van der Waals surface area contributed by atoms with Crippen molar-refractivity contribution < 1.29 is 9.47 Å². The molecule has 0 saturated carbocycles. The highest BCUT2D eigenvalue weighted by atomic mass is 79.9. The Hall–Kier alpha value is -0.540. The first-order valence-corrected chi connectivity index (χ1v) is 6.09. The van der Waals surface area contributed by atoms with E-state index >= 15 is 0 Å². The number of alkyl halides is 1. The molecule has 0 bridgehead atoms. The fraction of sp³-hybridized carbons (Fsp3) is 0.500. The lowest BCUT2D eigenvalue weighted by Gasteiger charge is -2.13. The molecular weight excluding hydrogens is 256 g/mol. The molecule has 0 atom stereocenters. The smallest absolute Gasteiger partial charge is 0.125 e. The maximum Gasteiger partial charge on any atom is 0.125 e. The fourth-order valence-electron chi connectivity index (χ4n) is 1.57. The number of methoxy groups -OCH3 is 1. The van der Waals surface area contributed by atoms with Gasteiger partial charge in [-0.1, -0.05) is 28.1 Å². The maximum absolute atomic E-state index is 5.67. The average Bonchev–Trinajstić information content (AvgIpc) is 2.22. The number of hydrogen-bond donors (Lipinski definition) is 0. The highest BCUT2D eigenvalue weighted by Crippen LogP contribution is 2.25. The van der Waals surface area contributed by atoms with Crippen molar-refractivity contribution in [1.82, 2.24) is 0 Å². The molecule has 0 aromatic heterocycles. The van der Waals surface area contributed by atoms with Crippen LogP contribution in [0.4, 0.5) is 0 Å². The molecule has 0 heterocycles. The first-order valence-electron chi connectivity index (χ1n) is 4.97. The number of aryl methyl sites for hydroxylation is 2. The third kappa shape index (κ3) is 3.50. The summed E-state index contributed by atoms with van der Waals surface area (Å²) in [6.07, 6.45) is 0. The molecule has 3 heteroatoms. The number of halogens is 1. The molecule has 15 heavy (non-hydrogen) atoms. The summed E-state index contributed by atoms with van der Waals surface area (Å²) in [6, 6.07) is 4.29. The van der Waals surface area contributed by atoms with E-state index in [1.807, 2.05) is 0 Å². The molecule has 0 aliphatic carbocycles. The van der Waals surface area contributed by atoms with E-state index in [1.165, 1.54) is 16.7 Å². The average molecular weight is 273 g/mol. The van der Waals surface area contributed by atoms with Gasteiger partial charge in [0.15, 0.2) is 0 Å². The van der Waals surface area contributed by atoms with Crippen LogP contribution in [0.25, 0.3) is 0 Å². The van der Waals surface area contributed by atoms with Gasteiger partial charge in [-0.15, -0.1) is 0 Å². The summed E-state index contributed by atoms with van der Waals surface area (Å²) in [7, 11) is 1.68. The molecule has 1 rings (SSSR count). The molecule has 0 unspecified atom stereocenters. The van der Waals surface area contributed by atoms with Crippen molar-refractivity contribution in [3.8, 4) is 5.75 Å². The normalized spacial score (nSPS) is 10.4. The van der Waals surface area contributed by atoms with Gasteiger partial charge in [0.25, 0.3) is 0 Å². The Labute approximate surface area is 99.7 Å². The van der Waals surface area contributed by atoms with Crippen LogP contribution in [0.5, 0.6) is 5.75 Å². The van der Waals surface area contributed by atoms with Gasteiger partial charge in [-0.2, -0.15) is 0 Å². The minimum atomic E-state index is 0.603. The summed E-state index contributed by atoms with van der Waals surface area (Å²) in [5.74, 6) is 0.983. The van der Waals surface area contributed by atoms with E-state index in [4.69, 9.17) is 9.47 Å².